The molecule has 3 N–H and O–H groups in total. The lowest BCUT2D eigenvalue weighted by molar-refractivity contribution is 0.204. The van der Waals surface area contributed by atoms with Gasteiger partial charge in [0.1, 0.15) is 5.75 Å². The van der Waals surface area contributed by atoms with E-state index in [9.17, 15) is 8.42 Å². The van der Waals surface area contributed by atoms with Gasteiger partial charge >= 0.3 is 0 Å². The molecule has 0 aliphatic carbocycles. The van der Waals surface area contributed by atoms with E-state index in [2.05, 4.69) is 20.3 Å². The molecule has 0 fully saturated rings. The predicted octanol–water partition coefficient (Wildman–Crippen LogP) is 2.14. The molecule has 2 aromatic rings. The van der Waals surface area contributed by atoms with Crippen molar-refractivity contribution in [3.63, 3.8) is 0 Å². The summed E-state index contributed by atoms with van der Waals surface area (Å²) in [6, 6.07) is 16.5. The normalized spacial score (nSPS) is 11.9. The van der Waals surface area contributed by atoms with Crippen LogP contribution in [0.1, 0.15) is 18.9 Å². The van der Waals surface area contributed by atoms with Crippen molar-refractivity contribution >= 4 is 16.0 Å². The number of ether oxygens (including phenoxy) is 2. The van der Waals surface area contributed by atoms with Gasteiger partial charge in [-0.05, 0) is 43.2 Å². The fraction of sp³-hybridized carbons (Fsp3) is 0.409. The van der Waals surface area contributed by atoms with Crippen molar-refractivity contribution in [1.29, 1.82) is 0 Å². The van der Waals surface area contributed by atoms with Gasteiger partial charge in [-0.1, -0.05) is 30.3 Å². The lowest BCUT2D eigenvalue weighted by Gasteiger charge is -2.12. The minimum absolute atomic E-state index is 0.215. The van der Waals surface area contributed by atoms with Gasteiger partial charge in [-0.25, -0.2) is 18.1 Å². The van der Waals surface area contributed by atoms with Crippen molar-refractivity contribution in [3.05, 3.63) is 60.2 Å². The zero-order chi connectivity index (χ0) is 22.4. The monoisotopic (exact) mass is 448 g/mol. The molecule has 0 radical (unpaired) electrons. The van der Waals surface area contributed by atoms with Crippen LogP contribution in [0.3, 0.4) is 0 Å². The van der Waals surface area contributed by atoms with Crippen LogP contribution in [0.25, 0.3) is 0 Å². The number of sulfonamides is 1. The molecule has 0 aliphatic heterocycles. The highest BCUT2D eigenvalue weighted by Gasteiger charge is 2.13. The van der Waals surface area contributed by atoms with Crippen LogP contribution in [-0.2, 0) is 21.3 Å². The molecule has 0 heterocycles. The van der Waals surface area contributed by atoms with Crippen molar-refractivity contribution in [3.8, 4) is 5.75 Å². The minimum Gasteiger partial charge on any atom is -0.494 e. The van der Waals surface area contributed by atoms with E-state index in [1.807, 2.05) is 43.3 Å². The standard InChI is InChI=1S/C22H32N4O4S/c1-3-23-22(24-13-8-15-30-20-10-5-4-6-11-20)25-18-19-9-7-12-21(17-19)31(27,28)26-14-16-29-2/h4-7,9-12,17,26H,3,8,13-16,18H2,1-2H3,(H2,23,24,25). The zero-order valence-electron chi connectivity index (χ0n) is 18.1. The Morgan fingerprint density at radius 3 is 2.55 bits per heavy atom. The third-order valence-corrected chi connectivity index (χ3v) is 5.66. The summed E-state index contributed by atoms with van der Waals surface area (Å²) in [6.07, 6.45) is 0.820. The number of hydrogen-bond donors (Lipinski definition) is 3. The maximum atomic E-state index is 12.4. The van der Waals surface area contributed by atoms with Gasteiger partial charge in [-0.2, -0.15) is 0 Å². The molecule has 0 saturated heterocycles. The highest BCUT2D eigenvalue weighted by molar-refractivity contribution is 7.89. The number of benzene rings is 2. The summed E-state index contributed by atoms with van der Waals surface area (Å²) in [4.78, 5) is 4.77. The Balaban J connectivity index is 1.86. The van der Waals surface area contributed by atoms with Crippen molar-refractivity contribution in [2.45, 2.75) is 24.8 Å². The highest BCUT2D eigenvalue weighted by atomic mass is 32.2. The Labute approximate surface area is 185 Å². The first-order valence-corrected chi connectivity index (χ1v) is 11.8. The average molecular weight is 449 g/mol. The van der Waals surface area contributed by atoms with Crippen LogP contribution in [0.4, 0.5) is 0 Å². The summed E-state index contributed by atoms with van der Waals surface area (Å²) in [6.45, 7) is 4.93. The number of rotatable bonds is 13. The van der Waals surface area contributed by atoms with Crippen LogP contribution < -0.4 is 20.1 Å². The largest absolute Gasteiger partial charge is 0.494 e. The topological polar surface area (TPSA) is 101 Å². The number of aliphatic imine (C=N–C) groups is 1. The molecule has 0 unspecified atom stereocenters. The fourth-order valence-corrected chi connectivity index (χ4v) is 3.75. The maximum absolute atomic E-state index is 12.4. The molecule has 0 aliphatic rings. The van der Waals surface area contributed by atoms with Crippen molar-refractivity contribution in [2.75, 3.05) is 40.0 Å². The number of para-hydroxylation sites is 1. The molecule has 9 heteroatoms. The van der Waals surface area contributed by atoms with E-state index in [0.717, 1.165) is 24.3 Å². The summed E-state index contributed by atoms with van der Waals surface area (Å²) in [7, 11) is -2.04. The van der Waals surface area contributed by atoms with Crippen LogP contribution in [0.2, 0.25) is 0 Å². The van der Waals surface area contributed by atoms with Gasteiger partial charge in [0, 0.05) is 26.7 Å². The van der Waals surface area contributed by atoms with E-state index in [0.29, 0.717) is 32.3 Å². The third-order valence-electron chi connectivity index (χ3n) is 4.20. The lowest BCUT2D eigenvalue weighted by atomic mass is 10.2. The summed E-state index contributed by atoms with van der Waals surface area (Å²) < 4.78 is 37.8. The summed E-state index contributed by atoms with van der Waals surface area (Å²) in [5.74, 6) is 1.53. The molecule has 0 spiro atoms. The molecule has 170 valence electrons. The predicted molar refractivity (Wildman–Crippen MR) is 123 cm³/mol. The molecule has 0 amide bonds. The van der Waals surface area contributed by atoms with E-state index in [1.54, 1.807) is 18.2 Å². The van der Waals surface area contributed by atoms with E-state index < -0.39 is 10.0 Å². The van der Waals surface area contributed by atoms with Crippen LogP contribution in [0.5, 0.6) is 5.75 Å². The molecule has 31 heavy (non-hydrogen) atoms. The first-order chi connectivity index (χ1) is 15.0. The second-order valence-corrected chi connectivity index (χ2v) is 8.44. The third kappa shape index (κ3) is 9.37. The summed E-state index contributed by atoms with van der Waals surface area (Å²) in [5.41, 5.74) is 0.805. The number of methoxy groups -OCH3 is 1. The Hall–Kier alpha value is -2.62. The lowest BCUT2D eigenvalue weighted by Crippen LogP contribution is -2.38. The van der Waals surface area contributed by atoms with Gasteiger partial charge in [-0.3, -0.25) is 0 Å². The molecule has 8 nitrogen and oxygen atoms in total. The van der Waals surface area contributed by atoms with Gasteiger partial charge in [0.15, 0.2) is 5.96 Å². The van der Waals surface area contributed by atoms with Gasteiger partial charge in [0.25, 0.3) is 0 Å². The molecule has 0 atom stereocenters. The van der Waals surface area contributed by atoms with E-state index in [-0.39, 0.29) is 11.4 Å². The van der Waals surface area contributed by atoms with Crippen molar-refractivity contribution < 1.29 is 17.9 Å². The van der Waals surface area contributed by atoms with Crippen molar-refractivity contribution in [1.82, 2.24) is 15.4 Å². The number of hydrogen-bond acceptors (Lipinski definition) is 5. The second-order valence-electron chi connectivity index (χ2n) is 6.67. The van der Waals surface area contributed by atoms with Gasteiger partial charge in [0.2, 0.25) is 10.0 Å². The molecular weight excluding hydrogens is 416 g/mol. The van der Waals surface area contributed by atoms with E-state index in [4.69, 9.17) is 9.47 Å². The van der Waals surface area contributed by atoms with E-state index in [1.165, 1.54) is 7.11 Å². The van der Waals surface area contributed by atoms with Crippen LogP contribution in [-0.4, -0.2) is 54.3 Å². The Kier molecular flexibility index (Phi) is 10.8. The quantitative estimate of drug-likeness (QED) is 0.247. The number of nitrogens with zero attached hydrogens (tertiary/aromatic N) is 1. The Bertz CT molecular complexity index is 905. The van der Waals surface area contributed by atoms with E-state index >= 15 is 0 Å². The second kappa shape index (κ2) is 13.6. The fourth-order valence-electron chi connectivity index (χ4n) is 2.67. The SMILES string of the molecule is CCNC(=NCc1cccc(S(=O)(=O)NCCOC)c1)NCCCOc1ccccc1. The van der Waals surface area contributed by atoms with Gasteiger partial charge in [-0.15, -0.1) is 0 Å². The highest BCUT2D eigenvalue weighted by Crippen LogP contribution is 2.12. The molecule has 0 bridgehead atoms. The van der Waals surface area contributed by atoms with Crippen LogP contribution in [0.15, 0.2) is 64.5 Å². The Morgan fingerprint density at radius 1 is 1.00 bits per heavy atom. The molecular formula is C22H32N4O4S. The van der Waals surface area contributed by atoms with Crippen LogP contribution >= 0.6 is 0 Å². The van der Waals surface area contributed by atoms with Crippen molar-refractivity contribution in [2.24, 2.45) is 4.99 Å². The van der Waals surface area contributed by atoms with Gasteiger partial charge < -0.3 is 20.1 Å². The van der Waals surface area contributed by atoms with Gasteiger partial charge in [0.05, 0.1) is 24.7 Å². The van der Waals surface area contributed by atoms with Crippen LogP contribution in [0, 0.1) is 0 Å². The molecule has 2 rings (SSSR count). The smallest absolute Gasteiger partial charge is 0.240 e. The number of nitrogens with one attached hydrogen (secondary N) is 3. The Morgan fingerprint density at radius 2 is 1.81 bits per heavy atom. The minimum atomic E-state index is -3.57. The number of guanidine groups is 1. The summed E-state index contributed by atoms with van der Waals surface area (Å²) >= 11 is 0. The maximum Gasteiger partial charge on any atom is 0.240 e. The average Bonchev–Trinajstić information content (AvgIpc) is 2.78. The summed E-state index contributed by atoms with van der Waals surface area (Å²) in [5, 5.41) is 6.47. The molecule has 2 aromatic carbocycles. The first-order valence-electron chi connectivity index (χ1n) is 10.3. The zero-order valence-corrected chi connectivity index (χ0v) is 19.0. The first kappa shape index (κ1) is 24.6. The molecule has 0 saturated carbocycles. The molecule has 0 aromatic heterocycles.